The van der Waals surface area contributed by atoms with Crippen LogP contribution in [-0.4, -0.2) is 47.2 Å². The molecule has 3 rings (SSSR count). The van der Waals surface area contributed by atoms with Crippen LogP contribution in [0.25, 0.3) is 0 Å². The third kappa shape index (κ3) is 5.65. The first-order valence-electron chi connectivity index (χ1n) is 10.1. The number of carbonyl (C=O) groups excluding carboxylic acids is 3. The monoisotopic (exact) mass is 411 g/mol. The minimum absolute atomic E-state index is 0.0864. The van der Waals surface area contributed by atoms with E-state index in [4.69, 9.17) is 5.73 Å². The van der Waals surface area contributed by atoms with Crippen molar-refractivity contribution in [3.8, 4) is 0 Å². The summed E-state index contributed by atoms with van der Waals surface area (Å²) in [6, 6.07) is 15.0. The molecule has 0 aliphatic carbocycles. The maximum atomic E-state index is 13.3. The zero-order chi connectivity index (χ0) is 21.5. The number of nitrogens with two attached hydrogens (primary N) is 1. The first kappa shape index (κ1) is 21.5. The van der Waals surface area contributed by atoms with Crippen LogP contribution in [-0.2, 0) is 16.1 Å². The number of primary amides is 1. The lowest BCUT2D eigenvalue weighted by Crippen LogP contribution is -2.47. The summed E-state index contributed by atoms with van der Waals surface area (Å²) in [5.74, 6) is -1.50. The predicted molar refractivity (Wildman–Crippen MR) is 111 cm³/mol. The van der Waals surface area contributed by atoms with E-state index in [1.54, 1.807) is 9.80 Å². The lowest BCUT2D eigenvalue weighted by molar-refractivity contribution is -0.138. The molecule has 1 saturated heterocycles. The van der Waals surface area contributed by atoms with Gasteiger partial charge in [-0.25, -0.2) is 4.39 Å². The van der Waals surface area contributed by atoms with Crippen molar-refractivity contribution in [2.45, 2.75) is 25.8 Å². The van der Waals surface area contributed by atoms with Gasteiger partial charge in [-0.05, 0) is 42.7 Å². The van der Waals surface area contributed by atoms with E-state index in [9.17, 15) is 18.8 Å². The van der Waals surface area contributed by atoms with Crippen molar-refractivity contribution in [1.82, 2.24) is 9.80 Å². The van der Waals surface area contributed by atoms with Crippen molar-refractivity contribution in [2.75, 3.05) is 19.6 Å². The van der Waals surface area contributed by atoms with Crippen molar-refractivity contribution in [1.29, 1.82) is 0 Å². The molecule has 158 valence electrons. The summed E-state index contributed by atoms with van der Waals surface area (Å²) in [7, 11) is 0. The van der Waals surface area contributed by atoms with Gasteiger partial charge in [0, 0.05) is 38.2 Å². The van der Waals surface area contributed by atoms with Gasteiger partial charge >= 0.3 is 0 Å². The van der Waals surface area contributed by atoms with E-state index in [0.29, 0.717) is 38.0 Å². The van der Waals surface area contributed by atoms with Crippen molar-refractivity contribution < 1.29 is 18.8 Å². The summed E-state index contributed by atoms with van der Waals surface area (Å²) in [5.41, 5.74) is 6.66. The Bertz CT molecular complexity index is 886. The van der Waals surface area contributed by atoms with Gasteiger partial charge in [0.2, 0.25) is 11.8 Å². The van der Waals surface area contributed by atoms with Crippen LogP contribution in [0.5, 0.6) is 0 Å². The summed E-state index contributed by atoms with van der Waals surface area (Å²) in [6.07, 6.45) is 1.47. The Hall–Kier alpha value is -3.22. The Balaban J connectivity index is 1.70. The average molecular weight is 411 g/mol. The Labute approximate surface area is 175 Å². The van der Waals surface area contributed by atoms with Crippen molar-refractivity contribution in [3.05, 3.63) is 71.5 Å². The molecule has 1 atom stereocenters. The zero-order valence-corrected chi connectivity index (χ0v) is 16.8. The second-order valence-corrected chi connectivity index (χ2v) is 7.56. The third-order valence-electron chi connectivity index (χ3n) is 5.31. The molecule has 2 aromatic carbocycles. The Morgan fingerprint density at radius 1 is 1.07 bits per heavy atom. The SMILES string of the molecule is NC(=O)CCN(Cc1ccccc1)C(=O)C1CCCN(C(=O)c2ccc(F)cc2)C1. The molecule has 7 heteroatoms. The highest BCUT2D eigenvalue weighted by Crippen LogP contribution is 2.22. The number of piperidine rings is 1. The lowest BCUT2D eigenvalue weighted by Gasteiger charge is -2.35. The predicted octanol–water partition coefficient (Wildman–Crippen LogP) is 2.58. The topological polar surface area (TPSA) is 83.7 Å². The third-order valence-corrected chi connectivity index (χ3v) is 5.31. The molecule has 0 aromatic heterocycles. The van der Waals surface area contributed by atoms with Crippen LogP contribution in [0.1, 0.15) is 35.2 Å². The van der Waals surface area contributed by atoms with Crippen molar-refractivity contribution in [2.24, 2.45) is 11.7 Å². The molecule has 1 fully saturated rings. The molecule has 30 heavy (non-hydrogen) atoms. The van der Waals surface area contributed by atoms with Crippen molar-refractivity contribution >= 4 is 17.7 Å². The molecule has 0 saturated carbocycles. The summed E-state index contributed by atoms with van der Waals surface area (Å²) in [5, 5.41) is 0. The molecular weight excluding hydrogens is 385 g/mol. The molecule has 1 aliphatic heterocycles. The van der Waals surface area contributed by atoms with Crippen LogP contribution in [0.3, 0.4) is 0 Å². The number of amides is 3. The van der Waals surface area contributed by atoms with Gasteiger partial charge in [-0.1, -0.05) is 30.3 Å². The van der Waals surface area contributed by atoms with Gasteiger partial charge in [0.25, 0.3) is 5.91 Å². The molecular formula is C23H26FN3O3. The molecule has 0 spiro atoms. The Morgan fingerprint density at radius 2 is 1.77 bits per heavy atom. The zero-order valence-electron chi connectivity index (χ0n) is 16.8. The maximum Gasteiger partial charge on any atom is 0.253 e. The van der Waals surface area contributed by atoms with Crippen LogP contribution in [0.2, 0.25) is 0 Å². The highest BCUT2D eigenvalue weighted by molar-refractivity contribution is 5.94. The van der Waals surface area contributed by atoms with E-state index in [1.807, 2.05) is 30.3 Å². The van der Waals surface area contributed by atoms with Gasteiger partial charge < -0.3 is 15.5 Å². The largest absolute Gasteiger partial charge is 0.370 e. The van der Waals surface area contributed by atoms with Crippen LogP contribution in [0.4, 0.5) is 4.39 Å². The van der Waals surface area contributed by atoms with Crippen molar-refractivity contribution in [3.63, 3.8) is 0 Å². The summed E-state index contributed by atoms with van der Waals surface area (Å²) >= 11 is 0. The normalized spacial score (nSPS) is 16.2. The van der Waals surface area contributed by atoms with Gasteiger partial charge in [-0.3, -0.25) is 14.4 Å². The number of likely N-dealkylation sites (tertiary alicyclic amines) is 1. The fourth-order valence-corrected chi connectivity index (χ4v) is 3.71. The maximum absolute atomic E-state index is 13.3. The molecule has 2 N–H and O–H groups in total. The molecule has 1 aliphatic rings. The van der Waals surface area contributed by atoms with E-state index in [0.717, 1.165) is 5.56 Å². The summed E-state index contributed by atoms with van der Waals surface area (Å²) in [4.78, 5) is 40.6. The number of hydrogen-bond donors (Lipinski definition) is 1. The van der Waals surface area contributed by atoms with Crippen LogP contribution in [0.15, 0.2) is 54.6 Å². The number of benzene rings is 2. The van der Waals surface area contributed by atoms with Gasteiger partial charge in [0.1, 0.15) is 5.82 Å². The molecule has 2 aromatic rings. The molecule has 1 unspecified atom stereocenters. The van der Waals surface area contributed by atoms with Crippen LogP contribution < -0.4 is 5.73 Å². The minimum Gasteiger partial charge on any atom is -0.370 e. The summed E-state index contributed by atoms with van der Waals surface area (Å²) in [6.45, 7) is 1.48. The van der Waals surface area contributed by atoms with E-state index in [2.05, 4.69) is 0 Å². The fraction of sp³-hybridized carbons (Fsp3) is 0.348. The average Bonchev–Trinajstić information content (AvgIpc) is 2.77. The number of halogens is 1. The Kier molecular flexibility index (Phi) is 7.17. The van der Waals surface area contributed by atoms with Gasteiger partial charge in [0.05, 0.1) is 5.92 Å². The van der Waals surface area contributed by atoms with Gasteiger partial charge in [-0.15, -0.1) is 0 Å². The molecule has 0 bridgehead atoms. The quantitative estimate of drug-likeness (QED) is 0.760. The summed E-state index contributed by atoms with van der Waals surface area (Å²) < 4.78 is 13.1. The van der Waals surface area contributed by atoms with Gasteiger partial charge in [0.15, 0.2) is 0 Å². The smallest absolute Gasteiger partial charge is 0.253 e. The van der Waals surface area contributed by atoms with Gasteiger partial charge in [-0.2, -0.15) is 0 Å². The highest BCUT2D eigenvalue weighted by atomic mass is 19.1. The molecule has 6 nitrogen and oxygen atoms in total. The Morgan fingerprint density at radius 3 is 2.43 bits per heavy atom. The first-order chi connectivity index (χ1) is 14.4. The van der Waals surface area contributed by atoms with Crippen LogP contribution >= 0.6 is 0 Å². The highest BCUT2D eigenvalue weighted by Gasteiger charge is 2.31. The second kappa shape index (κ2) is 10.0. The second-order valence-electron chi connectivity index (χ2n) is 7.56. The fourth-order valence-electron chi connectivity index (χ4n) is 3.71. The number of rotatable bonds is 7. The number of nitrogens with zero attached hydrogens (tertiary/aromatic N) is 2. The molecule has 1 heterocycles. The van der Waals surface area contributed by atoms with Crippen LogP contribution in [0, 0.1) is 11.7 Å². The standard InChI is InChI=1S/C23H26FN3O3/c24-20-10-8-18(9-11-20)22(29)26-13-4-7-19(16-26)23(30)27(14-12-21(25)28)15-17-5-2-1-3-6-17/h1-3,5-6,8-11,19H,4,7,12-16H2,(H2,25,28). The van der Waals surface area contributed by atoms with E-state index >= 15 is 0 Å². The minimum atomic E-state index is -0.461. The molecule has 3 amide bonds. The lowest BCUT2D eigenvalue weighted by atomic mass is 9.95. The first-order valence-corrected chi connectivity index (χ1v) is 10.1. The van der Waals surface area contributed by atoms with E-state index < -0.39 is 11.7 Å². The number of hydrogen-bond acceptors (Lipinski definition) is 3. The number of carbonyl (C=O) groups is 3. The van der Waals surface area contributed by atoms with E-state index in [1.165, 1.54) is 24.3 Å². The van der Waals surface area contributed by atoms with E-state index in [-0.39, 0.29) is 30.7 Å². The molecule has 0 radical (unpaired) electrons.